The molecular formula is C20H24N4O4. The first kappa shape index (κ1) is 20.9. The number of primary amides is 1. The molecule has 0 bridgehead atoms. The number of amides is 2. The van der Waals surface area contributed by atoms with Gasteiger partial charge < -0.3 is 16.4 Å². The fraction of sp³-hybridized carbons (Fsp3) is 0.300. The fourth-order valence-corrected chi connectivity index (χ4v) is 2.96. The highest BCUT2D eigenvalue weighted by atomic mass is 16.6. The zero-order valence-corrected chi connectivity index (χ0v) is 16.1. The largest absolute Gasteiger partial charge is 0.368 e. The number of rotatable bonds is 8. The molecule has 28 heavy (non-hydrogen) atoms. The van der Waals surface area contributed by atoms with Crippen LogP contribution in [0.25, 0.3) is 0 Å². The summed E-state index contributed by atoms with van der Waals surface area (Å²) in [5.74, 6) is -1.15. The molecule has 2 aromatic carbocycles. The molecule has 2 amide bonds. The number of benzene rings is 2. The van der Waals surface area contributed by atoms with Gasteiger partial charge in [0.1, 0.15) is 11.2 Å². The Balaban J connectivity index is 2.30. The maximum atomic E-state index is 12.6. The van der Waals surface area contributed by atoms with E-state index in [0.717, 1.165) is 0 Å². The molecule has 0 saturated carbocycles. The molecule has 0 spiro atoms. The van der Waals surface area contributed by atoms with Gasteiger partial charge in [-0.2, -0.15) is 0 Å². The van der Waals surface area contributed by atoms with Gasteiger partial charge in [0.05, 0.1) is 4.92 Å². The van der Waals surface area contributed by atoms with E-state index in [0.29, 0.717) is 12.1 Å². The zero-order chi connectivity index (χ0) is 20.9. The van der Waals surface area contributed by atoms with Crippen LogP contribution in [0.1, 0.15) is 37.6 Å². The zero-order valence-electron chi connectivity index (χ0n) is 16.1. The minimum absolute atomic E-state index is 0.0709. The number of para-hydroxylation sites is 1. The standard InChI is InChI=1S/C20H24N4O4/c1-13(2)12-20(3,19(21)26)23-18(25)14-9-10-16(17(11-14)24(27)28)22-15-7-5-4-6-8-15/h4-11,13,22H,12H2,1-3H3,(H2,21,26)(H,23,25). The van der Waals surface area contributed by atoms with Gasteiger partial charge in [0.25, 0.3) is 11.6 Å². The van der Waals surface area contributed by atoms with E-state index < -0.39 is 22.3 Å². The molecule has 1 unspecified atom stereocenters. The third kappa shape index (κ3) is 5.06. The quantitative estimate of drug-likeness (QED) is 0.475. The lowest BCUT2D eigenvalue weighted by Crippen LogP contribution is -2.56. The molecule has 4 N–H and O–H groups in total. The molecule has 2 rings (SSSR count). The topological polar surface area (TPSA) is 127 Å². The van der Waals surface area contributed by atoms with E-state index in [1.54, 1.807) is 31.2 Å². The van der Waals surface area contributed by atoms with Gasteiger partial charge in [-0.1, -0.05) is 32.0 Å². The van der Waals surface area contributed by atoms with E-state index in [1.165, 1.54) is 18.2 Å². The summed E-state index contributed by atoms with van der Waals surface area (Å²) in [4.78, 5) is 35.4. The second-order valence-electron chi connectivity index (χ2n) is 7.23. The summed E-state index contributed by atoms with van der Waals surface area (Å²) < 4.78 is 0. The minimum atomic E-state index is -1.25. The Hall–Kier alpha value is -3.42. The predicted octanol–water partition coefficient (Wildman–Crippen LogP) is 3.36. The third-order valence-corrected chi connectivity index (χ3v) is 4.26. The number of hydrogen-bond acceptors (Lipinski definition) is 5. The van der Waals surface area contributed by atoms with Crippen LogP contribution in [-0.2, 0) is 4.79 Å². The average Bonchev–Trinajstić information content (AvgIpc) is 2.61. The van der Waals surface area contributed by atoms with Crippen LogP contribution in [0.5, 0.6) is 0 Å². The van der Waals surface area contributed by atoms with Crippen LogP contribution in [0.15, 0.2) is 48.5 Å². The molecule has 0 saturated heterocycles. The molecule has 1 atom stereocenters. The van der Waals surface area contributed by atoms with Crippen LogP contribution in [-0.4, -0.2) is 22.3 Å². The van der Waals surface area contributed by atoms with Gasteiger partial charge >= 0.3 is 0 Å². The summed E-state index contributed by atoms with van der Waals surface area (Å²) >= 11 is 0. The van der Waals surface area contributed by atoms with Crippen LogP contribution in [0.4, 0.5) is 17.1 Å². The molecule has 0 radical (unpaired) electrons. The van der Waals surface area contributed by atoms with Gasteiger partial charge in [0, 0.05) is 17.3 Å². The van der Waals surface area contributed by atoms with E-state index in [1.807, 2.05) is 19.9 Å². The average molecular weight is 384 g/mol. The molecule has 0 aliphatic rings. The third-order valence-electron chi connectivity index (χ3n) is 4.26. The number of nitrogens with one attached hydrogen (secondary N) is 2. The molecule has 0 fully saturated rings. The maximum absolute atomic E-state index is 12.6. The number of nitro groups is 1. The van der Waals surface area contributed by atoms with Gasteiger partial charge in [-0.3, -0.25) is 19.7 Å². The van der Waals surface area contributed by atoms with E-state index >= 15 is 0 Å². The number of carbonyl (C=O) groups excluding carboxylic acids is 2. The summed E-state index contributed by atoms with van der Waals surface area (Å²) in [6.07, 6.45) is 0.351. The molecule has 8 nitrogen and oxygen atoms in total. The first-order valence-electron chi connectivity index (χ1n) is 8.85. The molecule has 0 heterocycles. The number of nitro benzene ring substituents is 1. The second kappa shape index (κ2) is 8.51. The van der Waals surface area contributed by atoms with Crippen LogP contribution in [0.2, 0.25) is 0 Å². The van der Waals surface area contributed by atoms with Gasteiger partial charge in [0.2, 0.25) is 5.91 Å². The molecule has 0 aliphatic carbocycles. The smallest absolute Gasteiger partial charge is 0.293 e. The Bertz CT molecular complexity index is 883. The van der Waals surface area contributed by atoms with Crippen LogP contribution < -0.4 is 16.4 Å². The molecule has 0 aromatic heterocycles. The maximum Gasteiger partial charge on any atom is 0.293 e. The van der Waals surface area contributed by atoms with Gasteiger partial charge in [-0.05, 0) is 43.5 Å². The number of hydrogen-bond donors (Lipinski definition) is 3. The predicted molar refractivity (Wildman–Crippen MR) is 107 cm³/mol. The summed E-state index contributed by atoms with van der Waals surface area (Å²) in [5.41, 5.74) is 4.97. The molecular weight excluding hydrogens is 360 g/mol. The number of nitrogens with zero attached hydrogens (tertiary/aromatic N) is 1. The number of anilines is 2. The lowest BCUT2D eigenvalue weighted by atomic mass is 9.89. The molecule has 2 aromatic rings. The van der Waals surface area contributed by atoms with E-state index in [-0.39, 0.29) is 22.9 Å². The van der Waals surface area contributed by atoms with E-state index in [4.69, 9.17) is 5.73 Å². The van der Waals surface area contributed by atoms with Crippen molar-refractivity contribution in [3.63, 3.8) is 0 Å². The Morgan fingerprint density at radius 1 is 1.18 bits per heavy atom. The van der Waals surface area contributed by atoms with Crippen LogP contribution >= 0.6 is 0 Å². The van der Waals surface area contributed by atoms with Gasteiger partial charge in [0.15, 0.2) is 0 Å². The van der Waals surface area contributed by atoms with Crippen molar-refractivity contribution in [3.05, 3.63) is 64.2 Å². The molecule has 8 heteroatoms. The summed E-state index contributed by atoms with van der Waals surface area (Å²) in [6.45, 7) is 5.36. The van der Waals surface area contributed by atoms with Gasteiger partial charge in [-0.25, -0.2) is 0 Å². The van der Waals surface area contributed by atoms with E-state index in [2.05, 4.69) is 10.6 Å². The summed E-state index contributed by atoms with van der Waals surface area (Å²) in [7, 11) is 0. The van der Waals surface area contributed by atoms with Crippen LogP contribution in [0, 0.1) is 16.0 Å². The van der Waals surface area contributed by atoms with Crippen molar-refractivity contribution in [1.29, 1.82) is 0 Å². The lowest BCUT2D eigenvalue weighted by Gasteiger charge is -2.29. The Morgan fingerprint density at radius 3 is 2.36 bits per heavy atom. The van der Waals surface area contributed by atoms with Crippen molar-refractivity contribution in [2.45, 2.75) is 32.7 Å². The number of carbonyl (C=O) groups is 2. The Kier molecular flexibility index (Phi) is 6.35. The lowest BCUT2D eigenvalue weighted by molar-refractivity contribution is -0.383. The highest BCUT2D eigenvalue weighted by molar-refractivity contribution is 5.99. The normalized spacial score (nSPS) is 12.9. The summed E-state index contributed by atoms with van der Waals surface area (Å²) in [5, 5.41) is 17.1. The molecule has 0 aliphatic heterocycles. The first-order valence-corrected chi connectivity index (χ1v) is 8.85. The van der Waals surface area contributed by atoms with Crippen LogP contribution in [0.3, 0.4) is 0 Å². The van der Waals surface area contributed by atoms with Crippen molar-refractivity contribution in [3.8, 4) is 0 Å². The minimum Gasteiger partial charge on any atom is -0.368 e. The Labute approximate surface area is 163 Å². The van der Waals surface area contributed by atoms with Crippen molar-refractivity contribution in [2.24, 2.45) is 11.7 Å². The number of nitrogens with two attached hydrogens (primary N) is 1. The SMILES string of the molecule is CC(C)CC(C)(NC(=O)c1ccc(Nc2ccccc2)c([N+](=O)[O-])c1)C(N)=O. The van der Waals surface area contributed by atoms with Crippen molar-refractivity contribution >= 4 is 28.9 Å². The first-order chi connectivity index (χ1) is 13.1. The van der Waals surface area contributed by atoms with Crippen molar-refractivity contribution < 1.29 is 14.5 Å². The second-order valence-corrected chi connectivity index (χ2v) is 7.23. The summed E-state index contributed by atoms with van der Waals surface area (Å²) in [6, 6.07) is 13.1. The fourth-order valence-electron chi connectivity index (χ4n) is 2.96. The van der Waals surface area contributed by atoms with Gasteiger partial charge in [-0.15, -0.1) is 0 Å². The monoisotopic (exact) mass is 384 g/mol. The highest BCUT2D eigenvalue weighted by Crippen LogP contribution is 2.29. The highest BCUT2D eigenvalue weighted by Gasteiger charge is 2.34. The van der Waals surface area contributed by atoms with Crippen molar-refractivity contribution in [2.75, 3.05) is 5.32 Å². The van der Waals surface area contributed by atoms with Crippen molar-refractivity contribution in [1.82, 2.24) is 5.32 Å². The van der Waals surface area contributed by atoms with E-state index in [9.17, 15) is 19.7 Å². The Morgan fingerprint density at radius 2 is 1.82 bits per heavy atom. The molecule has 148 valence electrons.